The number of aromatic nitrogens is 4. The summed E-state index contributed by atoms with van der Waals surface area (Å²) in [4.78, 5) is 33.8. The van der Waals surface area contributed by atoms with Crippen LogP contribution in [-0.4, -0.2) is 68.2 Å². The Kier molecular flexibility index (Phi) is 5.91. The highest BCUT2D eigenvalue weighted by Gasteiger charge is 2.23. The van der Waals surface area contributed by atoms with Crippen LogP contribution in [0.5, 0.6) is 0 Å². The van der Waals surface area contributed by atoms with Gasteiger partial charge in [-0.15, -0.1) is 0 Å². The second-order valence-corrected chi connectivity index (χ2v) is 7.19. The van der Waals surface area contributed by atoms with Gasteiger partial charge in [0.15, 0.2) is 23.4 Å². The first-order valence-corrected chi connectivity index (χ1v) is 9.19. The van der Waals surface area contributed by atoms with Crippen molar-refractivity contribution in [3.05, 3.63) is 41.7 Å². The topological polar surface area (TPSA) is 127 Å². The minimum atomic E-state index is -1.73. The molecular weight excluding hydrogens is 384 g/mol. The summed E-state index contributed by atoms with van der Waals surface area (Å²) in [5, 5.41) is 15.0. The zero-order valence-electron chi connectivity index (χ0n) is 17.0. The van der Waals surface area contributed by atoms with Gasteiger partial charge in [-0.05, 0) is 26.2 Å². The monoisotopic (exact) mass is 406 g/mol. The number of primary amides is 1. The lowest BCUT2D eigenvalue weighted by atomic mass is 10.0. The van der Waals surface area contributed by atoms with Gasteiger partial charge in [-0.2, -0.15) is 5.10 Å². The average molecular weight is 406 g/mol. The maximum absolute atomic E-state index is 11.8. The molecule has 9 heteroatoms. The lowest BCUT2D eigenvalue weighted by Crippen LogP contribution is -2.33. The largest absolute Gasteiger partial charge is 0.371 e. The Bertz CT molecular complexity index is 1170. The van der Waals surface area contributed by atoms with E-state index < -0.39 is 11.5 Å². The number of rotatable bonds is 6. The average Bonchev–Trinajstić information content (AvgIpc) is 3.11. The van der Waals surface area contributed by atoms with Gasteiger partial charge in [-0.3, -0.25) is 14.3 Å². The molecule has 0 fully saturated rings. The fourth-order valence-electron chi connectivity index (χ4n) is 2.80. The van der Waals surface area contributed by atoms with E-state index in [1.165, 1.54) is 10.9 Å². The summed E-state index contributed by atoms with van der Waals surface area (Å²) in [6, 6.07) is 6.98. The first-order valence-electron chi connectivity index (χ1n) is 9.19. The third-order valence-corrected chi connectivity index (χ3v) is 4.50. The smallest absolute Gasteiger partial charge is 0.268 e. The number of carbonyl (C=O) groups excluding carboxylic acids is 2. The van der Waals surface area contributed by atoms with E-state index in [-0.39, 0.29) is 12.1 Å². The van der Waals surface area contributed by atoms with Gasteiger partial charge >= 0.3 is 0 Å². The van der Waals surface area contributed by atoms with Crippen molar-refractivity contribution in [1.82, 2.24) is 24.6 Å². The van der Waals surface area contributed by atoms with Crippen molar-refractivity contribution in [2.45, 2.75) is 12.0 Å². The molecule has 0 bridgehead atoms. The second kappa shape index (κ2) is 8.41. The van der Waals surface area contributed by atoms with E-state index in [9.17, 15) is 14.7 Å². The molecule has 3 aromatic rings. The van der Waals surface area contributed by atoms with Gasteiger partial charge in [0.25, 0.3) is 5.91 Å². The van der Waals surface area contributed by atoms with Crippen molar-refractivity contribution in [3.8, 4) is 23.2 Å². The molecule has 0 unspecified atom stereocenters. The number of hydrogen-bond acceptors (Lipinski definition) is 7. The molecule has 1 atom stereocenters. The number of benzene rings is 1. The lowest BCUT2D eigenvalue weighted by Gasteiger charge is -2.17. The molecule has 0 aliphatic heterocycles. The van der Waals surface area contributed by atoms with Gasteiger partial charge in [-0.25, -0.2) is 9.97 Å². The molecule has 1 amide bonds. The number of hydrogen-bond donors (Lipinski definition) is 2. The van der Waals surface area contributed by atoms with E-state index in [0.717, 1.165) is 0 Å². The molecule has 0 saturated heterocycles. The quantitative estimate of drug-likeness (QED) is 0.447. The summed E-state index contributed by atoms with van der Waals surface area (Å²) in [5.74, 6) is 5.10. The SMILES string of the molecule is CN(C)CC[C@@](O)(C#Cc1cccc(-c2nc(C(N)=O)c3cnn(C)c3n2)c1)C=O. The second-order valence-electron chi connectivity index (χ2n) is 7.19. The van der Waals surface area contributed by atoms with Crippen molar-refractivity contribution in [2.75, 3.05) is 20.6 Å². The van der Waals surface area contributed by atoms with Crippen molar-refractivity contribution in [2.24, 2.45) is 12.8 Å². The van der Waals surface area contributed by atoms with Crippen molar-refractivity contribution in [1.29, 1.82) is 0 Å². The minimum absolute atomic E-state index is 0.0820. The standard InChI is InChI=1S/C21H22N6O3/c1-26(2)10-9-21(30,13-28)8-7-14-5-4-6-15(11-14)19-24-17(18(22)29)16-12-23-27(3)20(16)25-19/h4-6,11-13,30H,9-10H2,1-3H3,(H2,22,29)/t21-/m0/s1. The molecule has 2 aromatic heterocycles. The summed E-state index contributed by atoms with van der Waals surface area (Å²) in [6.45, 7) is 0.512. The molecule has 0 radical (unpaired) electrons. The van der Waals surface area contributed by atoms with Gasteiger partial charge in [0, 0.05) is 31.1 Å². The predicted molar refractivity (Wildman–Crippen MR) is 111 cm³/mol. The van der Waals surface area contributed by atoms with E-state index in [0.29, 0.717) is 40.8 Å². The summed E-state index contributed by atoms with van der Waals surface area (Å²) >= 11 is 0. The van der Waals surface area contributed by atoms with Crippen LogP contribution in [0.25, 0.3) is 22.4 Å². The fourth-order valence-corrected chi connectivity index (χ4v) is 2.80. The van der Waals surface area contributed by atoms with Crippen LogP contribution in [0.15, 0.2) is 30.5 Å². The summed E-state index contributed by atoms with van der Waals surface area (Å²) in [6.07, 6.45) is 2.14. The zero-order chi connectivity index (χ0) is 21.9. The van der Waals surface area contributed by atoms with Gasteiger partial charge in [-0.1, -0.05) is 24.0 Å². The number of nitrogens with zero attached hydrogens (tertiary/aromatic N) is 5. The fraction of sp³-hybridized carbons (Fsp3) is 0.286. The van der Waals surface area contributed by atoms with Crippen molar-refractivity contribution >= 4 is 23.2 Å². The molecule has 154 valence electrons. The summed E-state index contributed by atoms with van der Waals surface area (Å²) in [5.41, 5.74) is 5.47. The van der Waals surface area contributed by atoms with Crippen LogP contribution in [-0.2, 0) is 11.8 Å². The highest BCUT2D eigenvalue weighted by Crippen LogP contribution is 2.22. The Morgan fingerprint density at radius 3 is 2.80 bits per heavy atom. The van der Waals surface area contributed by atoms with Crippen LogP contribution in [0.4, 0.5) is 0 Å². The predicted octanol–water partition coefficient (Wildman–Crippen LogP) is 0.362. The number of carbonyl (C=O) groups is 2. The number of aldehydes is 1. The first kappa shape index (κ1) is 21.1. The highest BCUT2D eigenvalue weighted by atomic mass is 16.3. The molecule has 0 aliphatic carbocycles. The molecule has 0 aliphatic rings. The van der Waals surface area contributed by atoms with Gasteiger partial charge in [0.05, 0.1) is 11.6 Å². The van der Waals surface area contributed by atoms with E-state index in [1.54, 1.807) is 31.3 Å². The molecule has 9 nitrogen and oxygen atoms in total. The van der Waals surface area contributed by atoms with Gasteiger partial charge in [0.2, 0.25) is 0 Å². The number of aliphatic hydroxyl groups is 1. The molecule has 2 heterocycles. The maximum Gasteiger partial charge on any atom is 0.268 e. The first-order chi connectivity index (χ1) is 14.2. The van der Waals surface area contributed by atoms with Crippen molar-refractivity contribution < 1.29 is 14.7 Å². The maximum atomic E-state index is 11.8. The third-order valence-electron chi connectivity index (χ3n) is 4.50. The molecule has 1 aromatic carbocycles. The number of aryl methyl sites for hydroxylation is 1. The van der Waals surface area contributed by atoms with E-state index >= 15 is 0 Å². The zero-order valence-corrected chi connectivity index (χ0v) is 17.0. The molecule has 3 N–H and O–H groups in total. The molecular formula is C21H22N6O3. The lowest BCUT2D eigenvalue weighted by molar-refractivity contribution is -0.119. The van der Waals surface area contributed by atoms with Crippen LogP contribution in [0.3, 0.4) is 0 Å². The molecule has 30 heavy (non-hydrogen) atoms. The summed E-state index contributed by atoms with van der Waals surface area (Å²) < 4.78 is 1.53. The molecule has 0 spiro atoms. The van der Waals surface area contributed by atoms with Gasteiger partial charge in [0.1, 0.15) is 5.69 Å². The number of nitrogens with two attached hydrogens (primary N) is 1. The number of amides is 1. The van der Waals surface area contributed by atoms with Crippen molar-refractivity contribution in [3.63, 3.8) is 0 Å². The van der Waals surface area contributed by atoms with E-state index in [1.807, 2.05) is 19.0 Å². The Morgan fingerprint density at radius 2 is 2.13 bits per heavy atom. The Morgan fingerprint density at radius 1 is 1.37 bits per heavy atom. The van der Waals surface area contributed by atoms with Crippen LogP contribution >= 0.6 is 0 Å². The number of fused-ring (bicyclic) bond motifs is 1. The van der Waals surface area contributed by atoms with Crippen LogP contribution < -0.4 is 5.73 Å². The Balaban J connectivity index is 2.00. The molecule has 0 saturated carbocycles. The third kappa shape index (κ3) is 4.51. The highest BCUT2D eigenvalue weighted by molar-refractivity contribution is 6.03. The van der Waals surface area contributed by atoms with Gasteiger partial charge < -0.3 is 15.7 Å². The Labute approximate surface area is 173 Å². The van der Waals surface area contributed by atoms with Crippen LogP contribution in [0, 0.1) is 11.8 Å². The Hall–Kier alpha value is -3.61. The minimum Gasteiger partial charge on any atom is -0.371 e. The van der Waals surface area contributed by atoms with E-state index in [2.05, 4.69) is 26.9 Å². The molecule has 3 rings (SSSR count). The summed E-state index contributed by atoms with van der Waals surface area (Å²) in [7, 11) is 5.41. The van der Waals surface area contributed by atoms with E-state index in [4.69, 9.17) is 5.73 Å². The van der Waals surface area contributed by atoms with Crippen LogP contribution in [0.2, 0.25) is 0 Å². The van der Waals surface area contributed by atoms with Crippen LogP contribution in [0.1, 0.15) is 22.5 Å². The normalized spacial score (nSPS) is 13.0.